The third-order valence-electron chi connectivity index (χ3n) is 3.37. The monoisotopic (exact) mass is 322 g/mol. The van der Waals surface area contributed by atoms with Crippen molar-refractivity contribution < 1.29 is 5.11 Å². The SMILES string of the molecule is CC1=Nc2nc(C)c(C)n2C1=Nc1cc(Cl)c(O)c(Cl)c1. The van der Waals surface area contributed by atoms with Gasteiger partial charge in [0.05, 0.1) is 27.1 Å². The van der Waals surface area contributed by atoms with Crippen molar-refractivity contribution in [3.63, 3.8) is 0 Å². The van der Waals surface area contributed by atoms with Crippen LogP contribution in [-0.2, 0) is 0 Å². The minimum absolute atomic E-state index is 0.144. The van der Waals surface area contributed by atoms with E-state index in [1.807, 2.05) is 25.3 Å². The summed E-state index contributed by atoms with van der Waals surface area (Å²) in [5.74, 6) is 1.16. The normalized spacial score (nSPS) is 15.5. The van der Waals surface area contributed by atoms with Gasteiger partial charge in [0.15, 0.2) is 11.6 Å². The number of phenolic OH excluding ortho intramolecular Hbond substituents is 1. The fourth-order valence-corrected chi connectivity index (χ4v) is 2.63. The maximum absolute atomic E-state index is 9.60. The van der Waals surface area contributed by atoms with Crippen LogP contribution in [0, 0.1) is 13.8 Å². The highest BCUT2D eigenvalue weighted by molar-refractivity contribution is 6.44. The molecule has 2 heterocycles. The summed E-state index contributed by atoms with van der Waals surface area (Å²) < 4.78 is 1.89. The lowest BCUT2D eigenvalue weighted by molar-refractivity contribution is 0.476. The molecule has 0 saturated heterocycles. The van der Waals surface area contributed by atoms with Crippen LogP contribution < -0.4 is 0 Å². The van der Waals surface area contributed by atoms with E-state index in [-0.39, 0.29) is 15.8 Å². The van der Waals surface area contributed by atoms with Crippen molar-refractivity contribution in [2.75, 3.05) is 0 Å². The van der Waals surface area contributed by atoms with Crippen LogP contribution in [0.15, 0.2) is 22.1 Å². The molecule has 0 saturated carbocycles. The zero-order valence-corrected chi connectivity index (χ0v) is 13.2. The molecule has 0 unspecified atom stereocenters. The summed E-state index contributed by atoms with van der Waals surface area (Å²) >= 11 is 11.8. The Morgan fingerprint density at radius 2 is 1.76 bits per heavy atom. The van der Waals surface area contributed by atoms with E-state index in [4.69, 9.17) is 23.2 Å². The van der Waals surface area contributed by atoms with Gasteiger partial charge < -0.3 is 5.11 Å². The van der Waals surface area contributed by atoms with E-state index >= 15 is 0 Å². The number of aliphatic imine (C=N–C) groups is 2. The highest BCUT2D eigenvalue weighted by Gasteiger charge is 2.23. The molecule has 0 spiro atoms. The van der Waals surface area contributed by atoms with Gasteiger partial charge >= 0.3 is 0 Å². The van der Waals surface area contributed by atoms with Crippen molar-refractivity contribution in [1.82, 2.24) is 9.55 Å². The number of fused-ring (bicyclic) bond motifs is 1. The first-order valence-electron chi connectivity index (χ1n) is 6.27. The minimum atomic E-state index is -0.144. The molecule has 108 valence electrons. The van der Waals surface area contributed by atoms with Crippen molar-refractivity contribution >= 4 is 46.4 Å². The molecule has 2 aromatic rings. The van der Waals surface area contributed by atoms with Crippen molar-refractivity contribution in [3.8, 4) is 5.75 Å². The van der Waals surface area contributed by atoms with Gasteiger partial charge in [-0.1, -0.05) is 23.2 Å². The number of aryl methyl sites for hydroxylation is 1. The highest BCUT2D eigenvalue weighted by Crippen LogP contribution is 2.36. The number of aromatic hydroxyl groups is 1. The molecule has 0 aliphatic carbocycles. The molecule has 1 aliphatic heterocycles. The van der Waals surface area contributed by atoms with E-state index in [0.717, 1.165) is 17.1 Å². The predicted octanol–water partition coefficient (Wildman–Crippen LogP) is 4.20. The standard InChI is InChI=1S/C14H12Cl2N4O/c1-6-8(3)20-13(7(2)18-14(20)17-6)19-9-4-10(15)12(21)11(16)5-9/h4-5,21H,1-3H3. The third-order valence-corrected chi connectivity index (χ3v) is 3.94. The smallest absolute Gasteiger partial charge is 0.236 e. The first-order valence-corrected chi connectivity index (χ1v) is 7.02. The quantitative estimate of drug-likeness (QED) is 0.855. The molecule has 1 aliphatic rings. The number of aromatic nitrogens is 2. The van der Waals surface area contributed by atoms with Gasteiger partial charge in [-0.25, -0.2) is 15.0 Å². The molecule has 0 radical (unpaired) electrons. The number of hydrogen-bond acceptors (Lipinski definition) is 4. The maximum atomic E-state index is 9.60. The summed E-state index contributed by atoms with van der Waals surface area (Å²) in [7, 11) is 0. The van der Waals surface area contributed by atoms with Crippen molar-refractivity contribution in [1.29, 1.82) is 0 Å². The Hall–Kier alpha value is -1.85. The molecule has 0 fully saturated rings. The number of imidazole rings is 1. The number of rotatable bonds is 1. The maximum Gasteiger partial charge on any atom is 0.236 e. The summed E-state index contributed by atoms with van der Waals surface area (Å²) in [6.45, 7) is 5.76. The molecule has 3 rings (SSSR count). The number of halogens is 2. The largest absolute Gasteiger partial charge is 0.505 e. The lowest BCUT2D eigenvalue weighted by Gasteiger charge is -2.06. The van der Waals surface area contributed by atoms with Crippen LogP contribution in [0.1, 0.15) is 18.3 Å². The first-order chi connectivity index (χ1) is 9.88. The average Bonchev–Trinajstić information content (AvgIpc) is 2.85. The molecular weight excluding hydrogens is 311 g/mol. The fraction of sp³-hybridized carbons (Fsp3) is 0.214. The Morgan fingerprint density at radius 3 is 2.38 bits per heavy atom. The fourth-order valence-electron chi connectivity index (χ4n) is 2.15. The van der Waals surface area contributed by atoms with Crippen molar-refractivity contribution in [2.24, 2.45) is 9.98 Å². The molecule has 1 aromatic heterocycles. The van der Waals surface area contributed by atoms with Gasteiger partial charge in [0, 0.05) is 5.69 Å². The van der Waals surface area contributed by atoms with Crippen LogP contribution in [0.25, 0.3) is 0 Å². The Kier molecular flexibility index (Phi) is 3.26. The summed E-state index contributed by atoms with van der Waals surface area (Å²) in [5, 5.41) is 9.92. The molecular formula is C14H12Cl2N4O. The van der Waals surface area contributed by atoms with Crippen LogP contribution in [0.2, 0.25) is 10.0 Å². The molecule has 7 heteroatoms. The summed E-state index contributed by atoms with van der Waals surface area (Å²) in [6, 6.07) is 3.11. The van der Waals surface area contributed by atoms with E-state index in [1.54, 1.807) is 12.1 Å². The van der Waals surface area contributed by atoms with Crippen LogP contribution in [0.5, 0.6) is 5.75 Å². The zero-order valence-electron chi connectivity index (χ0n) is 11.6. The Labute approximate surface area is 131 Å². The van der Waals surface area contributed by atoms with E-state index in [1.165, 1.54) is 0 Å². The molecule has 0 amide bonds. The van der Waals surface area contributed by atoms with Crippen molar-refractivity contribution in [3.05, 3.63) is 33.6 Å². The molecule has 0 atom stereocenters. The van der Waals surface area contributed by atoms with Gasteiger partial charge in [0.1, 0.15) is 0 Å². The third kappa shape index (κ3) is 2.22. The van der Waals surface area contributed by atoms with E-state index in [9.17, 15) is 5.11 Å². The van der Waals surface area contributed by atoms with Gasteiger partial charge in [-0.15, -0.1) is 0 Å². The summed E-state index contributed by atoms with van der Waals surface area (Å²) in [5.41, 5.74) is 3.21. The van der Waals surface area contributed by atoms with Gasteiger partial charge in [-0.3, -0.25) is 4.57 Å². The summed E-state index contributed by atoms with van der Waals surface area (Å²) in [6.07, 6.45) is 0. The van der Waals surface area contributed by atoms with Crippen molar-refractivity contribution in [2.45, 2.75) is 20.8 Å². The van der Waals surface area contributed by atoms with Gasteiger partial charge in [-0.05, 0) is 32.9 Å². The Bertz CT molecular complexity index is 798. The zero-order chi connectivity index (χ0) is 15.3. The second kappa shape index (κ2) is 4.86. The highest BCUT2D eigenvalue weighted by atomic mass is 35.5. The molecule has 0 bridgehead atoms. The lowest BCUT2D eigenvalue weighted by Crippen LogP contribution is -2.16. The van der Waals surface area contributed by atoms with E-state index in [2.05, 4.69) is 15.0 Å². The average molecular weight is 323 g/mol. The van der Waals surface area contributed by atoms with Gasteiger partial charge in [0.25, 0.3) is 0 Å². The number of nitrogens with zero attached hydrogens (tertiary/aromatic N) is 4. The molecule has 1 N–H and O–H groups in total. The van der Waals surface area contributed by atoms with Crippen LogP contribution in [-0.4, -0.2) is 26.2 Å². The molecule has 1 aromatic carbocycles. The Balaban J connectivity index is 2.16. The van der Waals surface area contributed by atoms with Crippen LogP contribution >= 0.6 is 23.2 Å². The molecule has 21 heavy (non-hydrogen) atoms. The van der Waals surface area contributed by atoms with E-state index < -0.39 is 0 Å². The number of hydrogen-bond donors (Lipinski definition) is 1. The van der Waals surface area contributed by atoms with Gasteiger partial charge in [0.2, 0.25) is 5.95 Å². The first kappa shape index (κ1) is 14.1. The second-order valence-corrected chi connectivity index (χ2v) is 5.62. The molecule has 5 nitrogen and oxygen atoms in total. The summed E-state index contributed by atoms with van der Waals surface area (Å²) in [4.78, 5) is 13.3. The van der Waals surface area contributed by atoms with E-state index in [0.29, 0.717) is 17.5 Å². The topological polar surface area (TPSA) is 62.8 Å². The number of phenols is 1. The lowest BCUT2D eigenvalue weighted by atomic mass is 10.3. The second-order valence-electron chi connectivity index (χ2n) is 4.81. The van der Waals surface area contributed by atoms with Gasteiger partial charge in [-0.2, -0.15) is 0 Å². The Morgan fingerprint density at radius 1 is 1.14 bits per heavy atom. The minimum Gasteiger partial charge on any atom is -0.505 e. The van der Waals surface area contributed by atoms with Crippen LogP contribution in [0.3, 0.4) is 0 Å². The van der Waals surface area contributed by atoms with Crippen LogP contribution in [0.4, 0.5) is 11.6 Å². The number of benzene rings is 1. The predicted molar refractivity (Wildman–Crippen MR) is 85.1 cm³/mol.